The molecular formula is C23H32N4O2S. The van der Waals surface area contributed by atoms with E-state index in [0.29, 0.717) is 13.2 Å². The molecule has 0 saturated heterocycles. The summed E-state index contributed by atoms with van der Waals surface area (Å²) in [7, 11) is 0. The van der Waals surface area contributed by atoms with E-state index in [0.717, 1.165) is 41.2 Å². The molecule has 7 heteroatoms. The second-order valence-electron chi connectivity index (χ2n) is 7.64. The standard InChI is InChI=1S/C23H32N4O2S/c1-3-16-27-21(15-10-18-8-6-5-7-9-18)25-26-23(27)30-17-22(28)24-19-11-13-20(14-12-19)29-4-2/h3,11-14,18H,1,4-10,15-17H2,2H3,(H,24,28). The molecule has 3 rings (SSSR count). The van der Waals surface area contributed by atoms with Gasteiger partial charge in [-0.2, -0.15) is 0 Å². The SMILES string of the molecule is C=CCn1c(CCC2CCCCC2)nnc1SCC(=O)Nc1ccc(OCC)cc1. The first-order valence-corrected chi connectivity index (χ1v) is 11.9. The van der Waals surface area contributed by atoms with Crippen LogP contribution < -0.4 is 10.1 Å². The first kappa shape index (κ1) is 22.4. The van der Waals surface area contributed by atoms with Crippen LogP contribution in [0.1, 0.15) is 51.3 Å². The van der Waals surface area contributed by atoms with Crippen LogP contribution in [0.15, 0.2) is 42.1 Å². The minimum atomic E-state index is -0.0685. The van der Waals surface area contributed by atoms with Crippen LogP contribution in [0.2, 0.25) is 0 Å². The Morgan fingerprint density at radius 1 is 1.27 bits per heavy atom. The first-order chi connectivity index (χ1) is 14.7. The van der Waals surface area contributed by atoms with Crippen molar-refractivity contribution < 1.29 is 9.53 Å². The summed E-state index contributed by atoms with van der Waals surface area (Å²) in [5, 5.41) is 12.4. The van der Waals surface area contributed by atoms with E-state index in [4.69, 9.17) is 4.74 Å². The molecule has 0 atom stereocenters. The molecule has 0 radical (unpaired) electrons. The fourth-order valence-electron chi connectivity index (χ4n) is 3.86. The van der Waals surface area contributed by atoms with Crippen molar-refractivity contribution in [3.63, 3.8) is 0 Å². The van der Waals surface area contributed by atoms with Crippen molar-refractivity contribution in [3.8, 4) is 5.75 Å². The number of hydrogen-bond acceptors (Lipinski definition) is 5. The molecule has 0 bridgehead atoms. The Balaban J connectivity index is 1.52. The van der Waals surface area contributed by atoms with Gasteiger partial charge in [0.25, 0.3) is 0 Å². The van der Waals surface area contributed by atoms with E-state index in [1.54, 1.807) is 0 Å². The zero-order valence-corrected chi connectivity index (χ0v) is 18.6. The number of anilines is 1. The molecule has 1 saturated carbocycles. The molecule has 1 fully saturated rings. The van der Waals surface area contributed by atoms with Crippen molar-refractivity contribution >= 4 is 23.4 Å². The number of aromatic nitrogens is 3. The fraction of sp³-hybridized carbons (Fsp3) is 0.522. The van der Waals surface area contributed by atoms with Crippen molar-refractivity contribution in [3.05, 3.63) is 42.7 Å². The Bertz CT molecular complexity index is 813. The Labute approximate surface area is 183 Å². The number of carbonyl (C=O) groups excluding carboxylic acids is 1. The molecule has 1 aliphatic carbocycles. The van der Waals surface area contributed by atoms with Crippen LogP contribution in [0.25, 0.3) is 0 Å². The molecule has 1 aliphatic rings. The zero-order chi connectivity index (χ0) is 21.2. The molecule has 2 aromatic rings. The van der Waals surface area contributed by atoms with Gasteiger partial charge in [0.05, 0.1) is 12.4 Å². The van der Waals surface area contributed by atoms with Gasteiger partial charge < -0.3 is 14.6 Å². The Kier molecular flexibility index (Phi) is 8.81. The molecule has 0 spiro atoms. The molecule has 1 N–H and O–H groups in total. The topological polar surface area (TPSA) is 69.0 Å². The molecule has 1 aromatic carbocycles. The number of thioether (sulfide) groups is 1. The van der Waals surface area contributed by atoms with Gasteiger partial charge in [-0.1, -0.05) is 49.9 Å². The van der Waals surface area contributed by atoms with E-state index in [1.807, 2.05) is 37.3 Å². The van der Waals surface area contributed by atoms with Gasteiger partial charge in [-0.15, -0.1) is 16.8 Å². The van der Waals surface area contributed by atoms with Crippen LogP contribution in [0.5, 0.6) is 5.75 Å². The van der Waals surface area contributed by atoms with Gasteiger partial charge >= 0.3 is 0 Å². The third kappa shape index (κ3) is 6.62. The number of rotatable bonds is 11. The number of amides is 1. The lowest BCUT2D eigenvalue weighted by atomic mass is 9.86. The minimum absolute atomic E-state index is 0.0685. The summed E-state index contributed by atoms with van der Waals surface area (Å²) in [6, 6.07) is 7.39. The lowest BCUT2D eigenvalue weighted by molar-refractivity contribution is -0.113. The highest BCUT2D eigenvalue weighted by Crippen LogP contribution is 2.28. The number of nitrogens with zero attached hydrogens (tertiary/aromatic N) is 3. The Morgan fingerprint density at radius 2 is 2.03 bits per heavy atom. The molecule has 162 valence electrons. The van der Waals surface area contributed by atoms with Gasteiger partial charge in [0.15, 0.2) is 5.16 Å². The molecule has 1 amide bonds. The van der Waals surface area contributed by atoms with E-state index in [1.165, 1.54) is 43.9 Å². The fourth-order valence-corrected chi connectivity index (χ4v) is 4.63. The van der Waals surface area contributed by atoms with E-state index < -0.39 is 0 Å². The maximum Gasteiger partial charge on any atom is 0.234 e. The van der Waals surface area contributed by atoms with Crippen molar-refractivity contribution in [1.29, 1.82) is 0 Å². The highest BCUT2D eigenvalue weighted by Gasteiger charge is 2.17. The average molecular weight is 429 g/mol. The third-order valence-corrected chi connectivity index (χ3v) is 6.35. The quantitative estimate of drug-likeness (QED) is 0.398. The molecule has 0 unspecified atom stereocenters. The number of carbonyl (C=O) groups is 1. The monoisotopic (exact) mass is 428 g/mol. The van der Waals surface area contributed by atoms with Crippen molar-refractivity contribution in [2.75, 3.05) is 17.7 Å². The second-order valence-corrected chi connectivity index (χ2v) is 8.58. The summed E-state index contributed by atoms with van der Waals surface area (Å²) < 4.78 is 7.51. The predicted molar refractivity (Wildman–Crippen MR) is 122 cm³/mol. The van der Waals surface area contributed by atoms with Gasteiger partial charge in [-0.3, -0.25) is 4.79 Å². The number of benzene rings is 1. The summed E-state index contributed by atoms with van der Waals surface area (Å²) in [6.07, 6.45) is 10.7. The maximum atomic E-state index is 12.4. The number of allylic oxidation sites excluding steroid dienone is 1. The van der Waals surface area contributed by atoms with E-state index >= 15 is 0 Å². The highest BCUT2D eigenvalue weighted by atomic mass is 32.2. The van der Waals surface area contributed by atoms with Crippen molar-refractivity contribution in [1.82, 2.24) is 14.8 Å². The smallest absolute Gasteiger partial charge is 0.234 e. The second kappa shape index (κ2) is 11.8. The largest absolute Gasteiger partial charge is 0.494 e. The van der Waals surface area contributed by atoms with E-state index in [9.17, 15) is 4.79 Å². The van der Waals surface area contributed by atoms with Crippen molar-refractivity contribution in [2.24, 2.45) is 5.92 Å². The molecule has 1 heterocycles. The first-order valence-electron chi connectivity index (χ1n) is 10.9. The summed E-state index contributed by atoms with van der Waals surface area (Å²) in [6.45, 7) is 7.09. The van der Waals surface area contributed by atoms with Gasteiger partial charge in [0, 0.05) is 18.7 Å². The van der Waals surface area contributed by atoms with Crippen LogP contribution in [-0.4, -0.2) is 33.0 Å². The molecule has 1 aromatic heterocycles. The van der Waals surface area contributed by atoms with Gasteiger partial charge in [0.1, 0.15) is 11.6 Å². The number of aryl methyl sites for hydroxylation is 1. The number of ether oxygens (including phenoxy) is 1. The minimum Gasteiger partial charge on any atom is -0.494 e. The summed E-state index contributed by atoms with van der Waals surface area (Å²) in [4.78, 5) is 12.4. The van der Waals surface area contributed by atoms with Gasteiger partial charge in [-0.05, 0) is 43.5 Å². The molecule has 6 nitrogen and oxygen atoms in total. The van der Waals surface area contributed by atoms with Crippen LogP contribution in [0, 0.1) is 5.92 Å². The predicted octanol–water partition coefficient (Wildman–Crippen LogP) is 5.11. The zero-order valence-electron chi connectivity index (χ0n) is 17.8. The normalized spacial score (nSPS) is 14.4. The van der Waals surface area contributed by atoms with Crippen LogP contribution in [0.4, 0.5) is 5.69 Å². The van der Waals surface area contributed by atoms with Crippen LogP contribution >= 0.6 is 11.8 Å². The highest BCUT2D eigenvalue weighted by molar-refractivity contribution is 7.99. The third-order valence-electron chi connectivity index (χ3n) is 5.39. The summed E-state index contributed by atoms with van der Waals surface area (Å²) in [5.41, 5.74) is 0.754. The number of hydrogen-bond donors (Lipinski definition) is 1. The van der Waals surface area contributed by atoms with Gasteiger partial charge in [-0.25, -0.2) is 0 Å². The van der Waals surface area contributed by atoms with E-state index in [2.05, 4.69) is 26.7 Å². The van der Waals surface area contributed by atoms with Gasteiger partial charge in [0.2, 0.25) is 5.91 Å². The van der Waals surface area contributed by atoms with Crippen LogP contribution in [-0.2, 0) is 17.8 Å². The summed E-state index contributed by atoms with van der Waals surface area (Å²) in [5.74, 6) is 2.81. The van der Waals surface area contributed by atoms with E-state index in [-0.39, 0.29) is 11.7 Å². The van der Waals surface area contributed by atoms with Crippen LogP contribution in [0.3, 0.4) is 0 Å². The molecule has 0 aliphatic heterocycles. The molecule has 30 heavy (non-hydrogen) atoms. The lowest BCUT2D eigenvalue weighted by Gasteiger charge is -2.21. The lowest BCUT2D eigenvalue weighted by Crippen LogP contribution is -2.15. The maximum absolute atomic E-state index is 12.4. The average Bonchev–Trinajstić information content (AvgIpc) is 3.15. The Morgan fingerprint density at radius 3 is 2.73 bits per heavy atom. The van der Waals surface area contributed by atoms with Crippen molar-refractivity contribution in [2.45, 2.75) is 63.6 Å². The number of nitrogens with one attached hydrogen (secondary N) is 1. The molecular weight excluding hydrogens is 396 g/mol. The Hall–Kier alpha value is -2.28. The summed E-state index contributed by atoms with van der Waals surface area (Å²) >= 11 is 1.41.